The number of hydrogen-bond donors (Lipinski definition) is 1. The second-order valence-corrected chi connectivity index (χ2v) is 18.3. The van der Waals surface area contributed by atoms with Gasteiger partial charge < -0.3 is 29.1 Å². The quantitative estimate of drug-likeness (QED) is 0.217. The Morgan fingerprint density at radius 1 is 1.02 bits per heavy atom. The number of aromatic nitrogens is 1. The van der Waals surface area contributed by atoms with Crippen molar-refractivity contribution >= 4 is 25.7 Å². The largest absolute Gasteiger partial charge is 0.358 e. The second-order valence-electron chi connectivity index (χ2n) is 13.5. The lowest BCUT2D eigenvalue weighted by Gasteiger charge is -2.34. The van der Waals surface area contributed by atoms with Crippen LogP contribution in [0.1, 0.15) is 75.3 Å². The molecule has 2 amide bonds. The van der Waals surface area contributed by atoms with Crippen molar-refractivity contribution in [3.8, 4) is 11.5 Å². The van der Waals surface area contributed by atoms with Gasteiger partial charge in [-0.1, -0.05) is 56.7 Å². The number of nitrogens with one attached hydrogen (secondary N) is 1. The standard InChI is InChI=1S/C34H50N4O5Si/c1-23(2)31(29-22-30(36-43-29)37-19-15-27(16-20-37)34(41-4)42-5)33(40)38-18-9-10-28(38)32(39)35-24(3)26-13-11-25(12-14-26)17-21-44(6,7)8/h11-14,22-24,27-28,31,34H,9-10,15-16,18-20H2,1-8H3,(H,35,39)/t24?,28-,31+/m0/s1. The fraction of sp³-hybridized carbons (Fsp3) is 0.618. The topological polar surface area (TPSA) is 97.1 Å². The predicted molar refractivity (Wildman–Crippen MR) is 175 cm³/mol. The SMILES string of the molecule is COC(OC)C1CCN(c2cc([C@H](C(=O)N3CCC[C@H]3C(=O)NC(C)c3ccc(C#C[Si](C)(C)C)cc3)C(C)C)on2)CC1. The average Bonchev–Trinajstić information content (AvgIpc) is 3.68. The van der Waals surface area contributed by atoms with Gasteiger partial charge in [0.1, 0.15) is 20.0 Å². The van der Waals surface area contributed by atoms with Crippen LogP contribution in [0.25, 0.3) is 0 Å². The van der Waals surface area contributed by atoms with Crippen molar-refractivity contribution < 1.29 is 23.6 Å². The van der Waals surface area contributed by atoms with Crippen molar-refractivity contribution in [3.63, 3.8) is 0 Å². The molecule has 3 atom stereocenters. The molecule has 44 heavy (non-hydrogen) atoms. The van der Waals surface area contributed by atoms with E-state index in [1.165, 1.54) is 0 Å². The van der Waals surface area contributed by atoms with Gasteiger partial charge in [0.15, 0.2) is 17.9 Å². The third-order valence-corrected chi connectivity index (χ3v) is 9.53. The van der Waals surface area contributed by atoms with Crippen LogP contribution in [-0.2, 0) is 19.1 Å². The van der Waals surface area contributed by atoms with E-state index >= 15 is 0 Å². The first-order valence-corrected chi connectivity index (χ1v) is 19.4. The Hall–Kier alpha value is -3.13. The molecule has 240 valence electrons. The van der Waals surface area contributed by atoms with Gasteiger partial charge in [-0.2, -0.15) is 0 Å². The molecule has 2 aliphatic rings. The molecule has 9 nitrogen and oxygen atoms in total. The fourth-order valence-corrected chi connectivity index (χ4v) is 6.70. The molecule has 2 aliphatic heterocycles. The Balaban J connectivity index is 1.40. The summed E-state index contributed by atoms with van der Waals surface area (Å²) in [7, 11) is 1.90. The first-order valence-electron chi connectivity index (χ1n) is 15.9. The minimum absolute atomic E-state index is 0.0241. The highest BCUT2D eigenvalue weighted by Crippen LogP contribution is 2.34. The molecule has 1 N–H and O–H groups in total. The molecular weight excluding hydrogens is 572 g/mol. The summed E-state index contributed by atoms with van der Waals surface area (Å²) in [4.78, 5) is 31.4. The summed E-state index contributed by atoms with van der Waals surface area (Å²) in [5.74, 6) is 4.14. The Morgan fingerprint density at radius 3 is 2.27 bits per heavy atom. The van der Waals surface area contributed by atoms with Crippen LogP contribution in [0.15, 0.2) is 34.9 Å². The molecule has 2 saturated heterocycles. The summed E-state index contributed by atoms with van der Waals surface area (Å²) in [6.07, 6.45) is 3.05. The third-order valence-electron chi connectivity index (χ3n) is 8.66. The van der Waals surface area contributed by atoms with Crippen molar-refractivity contribution in [2.75, 3.05) is 38.8 Å². The molecule has 0 aliphatic carbocycles. The first-order chi connectivity index (χ1) is 20.9. The van der Waals surface area contributed by atoms with Gasteiger partial charge in [-0.3, -0.25) is 9.59 Å². The summed E-state index contributed by atoms with van der Waals surface area (Å²) in [6.45, 7) is 14.8. The number of carbonyl (C=O) groups excluding carboxylic acids is 2. The normalized spacial score (nSPS) is 19.2. The molecule has 2 fully saturated rings. The zero-order valence-corrected chi connectivity index (χ0v) is 28.7. The molecule has 0 radical (unpaired) electrons. The summed E-state index contributed by atoms with van der Waals surface area (Å²) in [5.41, 5.74) is 5.37. The highest BCUT2D eigenvalue weighted by Gasteiger charge is 2.40. The van der Waals surface area contributed by atoms with E-state index in [9.17, 15) is 9.59 Å². The Labute approximate surface area is 264 Å². The molecule has 0 saturated carbocycles. The van der Waals surface area contributed by atoms with Gasteiger partial charge in [0, 0.05) is 51.4 Å². The molecule has 3 heterocycles. The number of rotatable bonds is 10. The van der Waals surface area contributed by atoms with E-state index in [0.717, 1.165) is 49.3 Å². The lowest BCUT2D eigenvalue weighted by molar-refractivity contribution is -0.141. The lowest BCUT2D eigenvalue weighted by Crippen LogP contribution is -2.48. The number of likely N-dealkylation sites (tertiary alicyclic amines) is 1. The third kappa shape index (κ3) is 8.32. The van der Waals surface area contributed by atoms with Gasteiger partial charge >= 0.3 is 0 Å². The number of hydrogen-bond acceptors (Lipinski definition) is 7. The zero-order valence-electron chi connectivity index (χ0n) is 27.7. The van der Waals surface area contributed by atoms with Crippen LogP contribution in [0.5, 0.6) is 0 Å². The molecule has 0 spiro atoms. The van der Waals surface area contributed by atoms with Gasteiger partial charge in [-0.15, -0.1) is 5.54 Å². The van der Waals surface area contributed by atoms with Gasteiger partial charge in [0.25, 0.3) is 0 Å². The van der Waals surface area contributed by atoms with Crippen LogP contribution < -0.4 is 10.2 Å². The van der Waals surface area contributed by atoms with Crippen LogP contribution >= 0.6 is 0 Å². The maximum absolute atomic E-state index is 14.0. The van der Waals surface area contributed by atoms with Gasteiger partial charge in [-0.25, -0.2) is 0 Å². The monoisotopic (exact) mass is 622 g/mol. The molecular formula is C34H50N4O5Si. The van der Waals surface area contributed by atoms with Crippen molar-refractivity contribution in [3.05, 3.63) is 47.2 Å². The van der Waals surface area contributed by atoms with Crippen molar-refractivity contribution in [2.24, 2.45) is 11.8 Å². The fourth-order valence-electron chi connectivity index (χ4n) is 6.18. The number of amides is 2. The zero-order chi connectivity index (χ0) is 32.0. The highest BCUT2D eigenvalue weighted by atomic mass is 28.3. The smallest absolute Gasteiger partial charge is 0.243 e. The van der Waals surface area contributed by atoms with E-state index in [1.807, 2.05) is 51.1 Å². The van der Waals surface area contributed by atoms with Crippen LogP contribution in [0.3, 0.4) is 0 Å². The van der Waals surface area contributed by atoms with Crippen molar-refractivity contribution in [1.82, 2.24) is 15.4 Å². The molecule has 1 aromatic heterocycles. The summed E-state index contributed by atoms with van der Waals surface area (Å²) >= 11 is 0. The van der Waals surface area contributed by atoms with Crippen LogP contribution in [0.2, 0.25) is 19.6 Å². The Morgan fingerprint density at radius 2 is 1.68 bits per heavy atom. The first kappa shape index (κ1) is 33.8. The number of nitrogens with zero attached hydrogens (tertiary/aromatic N) is 3. The number of piperidine rings is 1. The summed E-state index contributed by atoms with van der Waals surface area (Å²) < 4.78 is 16.7. The number of ether oxygens (including phenoxy) is 2. The van der Waals surface area contributed by atoms with Crippen molar-refractivity contribution in [1.29, 1.82) is 0 Å². The lowest BCUT2D eigenvalue weighted by atomic mass is 9.91. The van der Waals surface area contributed by atoms with Crippen LogP contribution in [-0.4, -0.2) is 76.1 Å². The molecule has 0 bridgehead atoms. The number of methoxy groups -OCH3 is 2. The van der Waals surface area contributed by atoms with Crippen LogP contribution in [0.4, 0.5) is 5.82 Å². The predicted octanol–water partition coefficient (Wildman–Crippen LogP) is 5.35. The highest BCUT2D eigenvalue weighted by molar-refractivity contribution is 6.83. The van der Waals surface area contributed by atoms with Gasteiger partial charge in [-0.05, 0) is 56.2 Å². The second kappa shape index (κ2) is 14.8. The molecule has 1 unspecified atom stereocenters. The van der Waals surface area contributed by atoms with E-state index in [4.69, 9.17) is 14.0 Å². The summed E-state index contributed by atoms with van der Waals surface area (Å²) in [6, 6.07) is 9.25. The Bertz CT molecular complexity index is 1310. The maximum Gasteiger partial charge on any atom is 0.243 e. The van der Waals surface area contributed by atoms with E-state index in [-0.39, 0.29) is 30.1 Å². The minimum Gasteiger partial charge on any atom is -0.358 e. The minimum atomic E-state index is -1.45. The van der Waals surface area contributed by atoms with Crippen LogP contribution in [0, 0.1) is 23.3 Å². The Kier molecular flexibility index (Phi) is 11.3. The molecule has 2 aromatic rings. The van der Waals surface area contributed by atoms with Gasteiger partial charge in [0.2, 0.25) is 11.8 Å². The summed E-state index contributed by atoms with van der Waals surface area (Å²) in [5, 5.41) is 7.50. The van der Waals surface area contributed by atoms with E-state index in [2.05, 4.69) is 46.5 Å². The maximum atomic E-state index is 14.0. The molecule has 1 aromatic carbocycles. The molecule has 10 heteroatoms. The number of carbonyl (C=O) groups is 2. The van der Waals surface area contributed by atoms with E-state index < -0.39 is 20.0 Å². The number of anilines is 1. The van der Waals surface area contributed by atoms with E-state index in [0.29, 0.717) is 24.6 Å². The van der Waals surface area contributed by atoms with E-state index in [1.54, 1.807) is 19.1 Å². The number of benzene rings is 1. The van der Waals surface area contributed by atoms with Gasteiger partial charge in [0.05, 0.1) is 6.04 Å². The van der Waals surface area contributed by atoms with Crippen molar-refractivity contribution in [2.45, 2.75) is 90.4 Å². The average molecular weight is 623 g/mol. The molecule has 4 rings (SSSR count).